The van der Waals surface area contributed by atoms with E-state index in [9.17, 15) is 17.6 Å². The third-order valence-corrected chi connectivity index (χ3v) is 5.44. The topological polar surface area (TPSA) is 92.5 Å². The fourth-order valence-corrected chi connectivity index (χ4v) is 3.20. The van der Waals surface area contributed by atoms with Crippen molar-refractivity contribution in [2.75, 3.05) is 24.7 Å². The van der Waals surface area contributed by atoms with E-state index in [1.165, 1.54) is 44.4 Å². The Balaban J connectivity index is 2.35. The first-order chi connectivity index (χ1) is 13.2. The van der Waals surface area contributed by atoms with Crippen LogP contribution in [0.15, 0.2) is 41.3 Å². The first kappa shape index (κ1) is 19.6. The SMILES string of the molecule is C=Cc1cc2c(C(=O)NC)c(-c3ccc(F)cc3)oc2nc1N(C)S(C)(=O)=O. The van der Waals surface area contributed by atoms with Gasteiger partial charge in [-0.1, -0.05) is 12.7 Å². The lowest BCUT2D eigenvalue weighted by atomic mass is 10.0. The van der Waals surface area contributed by atoms with Crippen molar-refractivity contribution in [3.05, 3.63) is 53.9 Å². The Bertz CT molecular complexity index is 1180. The summed E-state index contributed by atoms with van der Waals surface area (Å²) in [4.78, 5) is 16.8. The van der Waals surface area contributed by atoms with Gasteiger partial charge in [0.05, 0.1) is 17.2 Å². The number of nitrogens with zero attached hydrogens (tertiary/aromatic N) is 2. The summed E-state index contributed by atoms with van der Waals surface area (Å²) < 4.78 is 44.0. The molecule has 0 aliphatic heterocycles. The van der Waals surface area contributed by atoms with Gasteiger partial charge in [0.25, 0.3) is 5.91 Å². The highest BCUT2D eigenvalue weighted by Gasteiger charge is 2.25. The fourth-order valence-electron chi connectivity index (χ4n) is 2.74. The Morgan fingerprint density at radius 2 is 1.96 bits per heavy atom. The average molecular weight is 403 g/mol. The van der Waals surface area contributed by atoms with Crippen molar-refractivity contribution in [3.63, 3.8) is 0 Å². The molecule has 9 heteroatoms. The van der Waals surface area contributed by atoms with E-state index in [1.54, 1.807) is 6.07 Å². The second-order valence-electron chi connectivity index (χ2n) is 6.08. The number of carbonyl (C=O) groups is 1. The maximum atomic E-state index is 13.3. The first-order valence-electron chi connectivity index (χ1n) is 8.19. The number of pyridine rings is 1. The Morgan fingerprint density at radius 1 is 1.32 bits per heavy atom. The third kappa shape index (κ3) is 3.36. The summed E-state index contributed by atoms with van der Waals surface area (Å²) in [6.45, 7) is 3.70. The number of fused-ring (bicyclic) bond motifs is 1. The van der Waals surface area contributed by atoms with Crippen LogP contribution in [-0.4, -0.2) is 39.7 Å². The van der Waals surface area contributed by atoms with Gasteiger partial charge in [0.2, 0.25) is 15.7 Å². The van der Waals surface area contributed by atoms with Gasteiger partial charge in [0.15, 0.2) is 5.82 Å². The van der Waals surface area contributed by atoms with Crippen LogP contribution in [0.1, 0.15) is 15.9 Å². The Hall–Kier alpha value is -3.20. The second-order valence-corrected chi connectivity index (χ2v) is 8.09. The van der Waals surface area contributed by atoms with Gasteiger partial charge in [-0.15, -0.1) is 0 Å². The van der Waals surface area contributed by atoms with Crippen molar-refractivity contribution in [3.8, 4) is 11.3 Å². The van der Waals surface area contributed by atoms with E-state index >= 15 is 0 Å². The number of nitrogens with one attached hydrogen (secondary N) is 1. The molecule has 0 unspecified atom stereocenters. The largest absolute Gasteiger partial charge is 0.437 e. The molecule has 0 saturated carbocycles. The maximum absolute atomic E-state index is 13.3. The number of hydrogen-bond donors (Lipinski definition) is 1. The van der Waals surface area contributed by atoms with Crippen LogP contribution in [0.4, 0.5) is 10.2 Å². The van der Waals surface area contributed by atoms with Crippen LogP contribution in [0.5, 0.6) is 0 Å². The van der Waals surface area contributed by atoms with Crippen molar-refractivity contribution in [2.24, 2.45) is 0 Å². The molecule has 0 aliphatic carbocycles. The average Bonchev–Trinajstić information content (AvgIpc) is 3.03. The molecule has 0 bridgehead atoms. The number of halogens is 1. The summed E-state index contributed by atoms with van der Waals surface area (Å²) in [7, 11) is -0.741. The van der Waals surface area contributed by atoms with Gasteiger partial charge in [0.1, 0.15) is 11.6 Å². The van der Waals surface area contributed by atoms with Gasteiger partial charge in [-0.2, -0.15) is 4.98 Å². The monoisotopic (exact) mass is 403 g/mol. The number of furan rings is 1. The molecule has 3 aromatic rings. The van der Waals surface area contributed by atoms with Gasteiger partial charge in [-0.05, 0) is 30.3 Å². The van der Waals surface area contributed by atoms with E-state index in [2.05, 4.69) is 16.9 Å². The van der Waals surface area contributed by atoms with Crippen molar-refractivity contribution in [2.45, 2.75) is 0 Å². The predicted octanol–water partition coefficient (Wildman–Crippen LogP) is 3.03. The number of carbonyl (C=O) groups excluding carboxylic acids is 1. The molecule has 1 N–H and O–H groups in total. The molecule has 7 nitrogen and oxygen atoms in total. The van der Waals surface area contributed by atoms with Crippen LogP contribution in [-0.2, 0) is 10.0 Å². The molecule has 0 fully saturated rings. The van der Waals surface area contributed by atoms with E-state index in [-0.39, 0.29) is 22.9 Å². The highest BCUT2D eigenvalue weighted by atomic mass is 32.2. The van der Waals surface area contributed by atoms with Crippen molar-refractivity contribution < 1.29 is 22.0 Å². The molecule has 1 amide bonds. The Kier molecular flexibility index (Phi) is 4.95. The lowest BCUT2D eigenvalue weighted by Crippen LogP contribution is -2.26. The first-order valence-corrected chi connectivity index (χ1v) is 10.0. The molecule has 3 rings (SSSR count). The molecule has 1 aromatic carbocycles. The van der Waals surface area contributed by atoms with Gasteiger partial charge in [-0.25, -0.2) is 12.8 Å². The normalized spacial score (nSPS) is 11.4. The number of benzene rings is 1. The minimum atomic E-state index is -3.58. The molecule has 0 atom stereocenters. The predicted molar refractivity (Wildman–Crippen MR) is 106 cm³/mol. The summed E-state index contributed by atoms with van der Waals surface area (Å²) in [5.74, 6) is -0.520. The number of sulfonamides is 1. The maximum Gasteiger partial charge on any atom is 0.255 e. The highest BCUT2D eigenvalue weighted by molar-refractivity contribution is 7.92. The summed E-state index contributed by atoms with van der Waals surface area (Å²) in [6, 6.07) is 7.06. The molecule has 2 aromatic heterocycles. The molecule has 0 saturated heterocycles. The Morgan fingerprint density at radius 3 is 2.50 bits per heavy atom. The molecule has 28 heavy (non-hydrogen) atoms. The van der Waals surface area contributed by atoms with Gasteiger partial charge in [-0.3, -0.25) is 9.10 Å². The quantitative estimate of drug-likeness (QED) is 0.707. The third-order valence-electron chi connectivity index (χ3n) is 4.27. The number of aromatic nitrogens is 1. The van der Waals surface area contributed by atoms with Crippen LogP contribution in [0.25, 0.3) is 28.5 Å². The minimum Gasteiger partial charge on any atom is -0.437 e. The summed E-state index contributed by atoms with van der Waals surface area (Å²) in [5.41, 5.74) is 1.19. The van der Waals surface area contributed by atoms with Gasteiger partial charge in [0, 0.05) is 25.2 Å². The van der Waals surface area contributed by atoms with Crippen molar-refractivity contribution >= 4 is 38.9 Å². The summed E-state index contributed by atoms with van der Waals surface area (Å²) >= 11 is 0. The van der Waals surface area contributed by atoms with Gasteiger partial charge >= 0.3 is 0 Å². The molecule has 2 heterocycles. The molecule has 146 valence electrons. The van der Waals surface area contributed by atoms with Crippen LogP contribution in [0, 0.1) is 5.82 Å². The second kappa shape index (κ2) is 7.08. The Labute approximate surface area is 161 Å². The number of hydrogen-bond acceptors (Lipinski definition) is 5. The van der Waals surface area contributed by atoms with Crippen LogP contribution in [0.3, 0.4) is 0 Å². The molecule has 0 spiro atoms. The fraction of sp³-hybridized carbons (Fsp3) is 0.158. The van der Waals surface area contributed by atoms with E-state index in [1.807, 2.05) is 0 Å². The van der Waals surface area contributed by atoms with E-state index in [4.69, 9.17) is 4.42 Å². The van der Waals surface area contributed by atoms with Crippen LogP contribution < -0.4 is 9.62 Å². The zero-order chi connectivity index (χ0) is 20.6. The molecule has 0 aliphatic rings. The van der Waals surface area contributed by atoms with Crippen LogP contribution in [0.2, 0.25) is 0 Å². The van der Waals surface area contributed by atoms with Crippen molar-refractivity contribution in [1.82, 2.24) is 10.3 Å². The lowest BCUT2D eigenvalue weighted by molar-refractivity contribution is 0.0964. The number of rotatable bonds is 5. The van der Waals surface area contributed by atoms with Gasteiger partial charge < -0.3 is 9.73 Å². The highest BCUT2D eigenvalue weighted by Crippen LogP contribution is 2.36. The van der Waals surface area contributed by atoms with E-state index in [0.717, 1.165) is 10.6 Å². The zero-order valence-corrected chi connectivity index (χ0v) is 16.3. The molecular weight excluding hydrogens is 385 g/mol. The van der Waals surface area contributed by atoms with Crippen LogP contribution >= 0.6 is 0 Å². The summed E-state index contributed by atoms with van der Waals surface area (Å²) in [6.07, 6.45) is 2.50. The smallest absolute Gasteiger partial charge is 0.255 e. The molecular formula is C19H18FN3O4S. The zero-order valence-electron chi connectivity index (χ0n) is 15.5. The minimum absolute atomic E-state index is 0.0778. The summed E-state index contributed by atoms with van der Waals surface area (Å²) in [5, 5.41) is 2.94. The lowest BCUT2D eigenvalue weighted by Gasteiger charge is -2.17. The molecule has 0 radical (unpaired) electrons. The number of anilines is 1. The number of amides is 1. The van der Waals surface area contributed by atoms with E-state index in [0.29, 0.717) is 16.5 Å². The van der Waals surface area contributed by atoms with E-state index < -0.39 is 21.7 Å². The van der Waals surface area contributed by atoms with Crippen molar-refractivity contribution in [1.29, 1.82) is 0 Å². The standard InChI is InChI=1S/C19H18FN3O4S/c1-5-11-10-14-15(18(24)21-2)16(12-6-8-13(20)9-7-12)27-19(14)22-17(11)23(3)28(4,25)26/h5-10H,1H2,2-4H3,(H,21,24).